The second-order valence-corrected chi connectivity index (χ2v) is 8.98. The molecule has 0 unspecified atom stereocenters. The zero-order valence-corrected chi connectivity index (χ0v) is 18.8. The number of rotatable bonds is 8. The van der Waals surface area contributed by atoms with Gasteiger partial charge in [0.05, 0.1) is 0 Å². The molecule has 0 radical (unpaired) electrons. The Balaban J connectivity index is 1.40. The fraction of sp³-hybridized carbons (Fsp3) is 0.423. The molecule has 3 heterocycles. The van der Waals surface area contributed by atoms with E-state index < -0.39 is 0 Å². The Morgan fingerprint density at radius 1 is 1.06 bits per heavy atom. The summed E-state index contributed by atoms with van der Waals surface area (Å²) in [6.45, 7) is 6.30. The lowest BCUT2D eigenvalue weighted by Gasteiger charge is -2.22. The molecule has 0 N–H and O–H groups in total. The lowest BCUT2D eigenvalue weighted by atomic mass is 10.1. The predicted molar refractivity (Wildman–Crippen MR) is 126 cm³/mol. The number of anilines is 1. The number of benzene rings is 1. The monoisotopic (exact) mass is 429 g/mol. The largest absolute Gasteiger partial charge is 0.343 e. The van der Waals surface area contributed by atoms with Gasteiger partial charge < -0.3 is 14.4 Å². The minimum absolute atomic E-state index is 0.0814. The van der Waals surface area contributed by atoms with Crippen LogP contribution in [-0.2, 0) is 13.1 Å². The van der Waals surface area contributed by atoms with Gasteiger partial charge in [-0.1, -0.05) is 30.3 Å². The van der Waals surface area contributed by atoms with Gasteiger partial charge in [-0.05, 0) is 50.2 Å². The Kier molecular flexibility index (Phi) is 5.93. The molecule has 0 atom stereocenters. The van der Waals surface area contributed by atoms with Gasteiger partial charge in [0.25, 0.3) is 5.91 Å². The van der Waals surface area contributed by atoms with Crippen LogP contribution in [0.4, 0.5) is 5.95 Å². The van der Waals surface area contributed by atoms with Crippen LogP contribution >= 0.6 is 0 Å². The van der Waals surface area contributed by atoms with Crippen molar-refractivity contribution in [2.24, 2.45) is 5.92 Å². The first kappa shape index (κ1) is 20.7. The van der Waals surface area contributed by atoms with Gasteiger partial charge in [-0.15, -0.1) is 0 Å². The van der Waals surface area contributed by atoms with E-state index in [1.165, 1.54) is 25.7 Å². The minimum Gasteiger partial charge on any atom is -0.343 e. The van der Waals surface area contributed by atoms with Crippen molar-refractivity contribution in [2.75, 3.05) is 24.5 Å². The molecule has 1 aliphatic heterocycles. The molecule has 1 saturated heterocycles. The molecule has 1 saturated carbocycles. The molecule has 6 nitrogen and oxygen atoms in total. The minimum atomic E-state index is 0.0814. The maximum atomic E-state index is 13.5. The van der Waals surface area contributed by atoms with Gasteiger partial charge in [-0.3, -0.25) is 4.79 Å². The zero-order chi connectivity index (χ0) is 21.9. The quantitative estimate of drug-likeness (QED) is 0.524. The van der Waals surface area contributed by atoms with Crippen molar-refractivity contribution < 1.29 is 4.79 Å². The first-order chi connectivity index (χ1) is 15.7. The average molecular weight is 430 g/mol. The summed E-state index contributed by atoms with van der Waals surface area (Å²) in [6.07, 6.45) is 10.8. The van der Waals surface area contributed by atoms with E-state index in [4.69, 9.17) is 0 Å². The third-order valence-electron chi connectivity index (χ3n) is 6.51. The second-order valence-electron chi connectivity index (χ2n) is 8.98. The summed E-state index contributed by atoms with van der Waals surface area (Å²) >= 11 is 0. The Hall–Kier alpha value is -3.15. The highest BCUT2D eigenvalue weighted by Gasteiger charge is 2.26. The first-order valence-electron chi connectivity index (χ1n) is 11.8. The summed E-state index contributed by atoms with van der Waals surface area (Å²) in [5, 5.41) is 0. The lowest BCUT2D eigenvalue weighted by molar-refractivity contribution is 0.0741. The van der Waals surface area contributed by atoms with Crippen LogP contribution in [0.3, 0.4) is 0 Å². The summed E-state index contributed by atoms with van der Waals surface area (Å²) in [4.78, 5) is 26.9. The van der Waals surface area contributed by atoms with Gasteiger partial charge in [0.15, 0.2) is 0 Å². The van der Waals surface area contributed by atoms with Crippen LogP contribution in [0.2, 0.25) is 0 Å². The topological polar surface area (TPSA) is 54.3 Å². The van der Waals surface area contributed by atoms with Crippen molar-refractivity contribution in [3.05, 3.63) is 66.2 Å². The van der Waals surface area contributed by atoms with Gasteiger partial charge in [-0.25, -0.2) is 9.97 Å². The van der Waals surface area contributed by atoms with E-state index in [9.17, 15) is 4.79 Å². The van der Waals surface area contributed by atoms with Crippen LogP contribution in [0.5, 0.6) is 0 Å². The SMILES string of the molecule is CCN(Cc1ccccc1)C(=O)c1cc(-c2cnc(N3CCCC3)nc2)cn1CC1CC1. The predicted octanol–water partition coefficient (Wildman–Crippen LogP) is 4.62. The molecule has 1 amide bonds. The third kappa shape index (κ3) is 4.54. The molecular weight excluding hydrogens is 398 g/mol. The van der Waals surface area contributed by atoms with E-state index in [1.807, 2.05) is 48.5 Å². The van der Waals surface area contributed by atoms with E-state index in [0.717, 1.165) is 48.0 Å². The standard InChI is InChI=1S/C26H31N5O/c1-2-29(17-20-8-4-3-5-9-20)25(32)24-14-22(19-31(24)18-21-10-11-21)23-15-27-26(28-16-23)30-12-6-7-13-30/h3-5,8-9,14-16,19,21H,2,6-7,10-13,17-18H2,1H3. The summed E-state index contributed by atoms with van der Waals surface area (Å²) in [5.41, 5.74) is 3.88. The van der Waals surface area contributed by atoms with Crippen LogP contribution in [0.1, 0.15) is 48.7 Å². The summed E-state index contributed by atoms with van der Waals surface area (Å²) in [6, 6.07) is 12.2. The highest BCUT2D eigenvalue weighted by atomic mass is 16.2. The molecule has 1 aromatic carbocycles. The van der Waals surface area contributed by atoms with E-state index >= 15 is 0 Å². The third-order valence-corrected chi connectivity index (χ3v) is 6.51. The molecule has 2 fully saturated rings. The Morgan fingerprint density at radius 2 is 1.78 bits per heavy atom. The van der Waals surface area contributed by atoms with Gasteiger partial charge in [0, 0.05) is 62.4 Å². The number of carbonyl (C=O) groups is 1. The van der Waals surface area contributed by atoms with Crippen molar-refractivity contribution in [3.63, 3.8) is 0 Å². The van der Waals surface area contributed by atoms with Gasteiger partial charge in [0.2, 0.25) is 5.95 Å². The van der Waals surface area contributed by atoms with Gasteiger partial charge >= 0.3 is 0 Å². The Labute approximate surface area is 189 Å². The summed E-state index contributed by atoms with van der Waals surface area (Å²) < 4.78 is 2.15. The molecule has 3 aromatic rings. The number of aromatic nitrogens is 3. The van der Waals surface area contributed by atoms with Crippen LogP contribution in [-0.4, -0.2) is 45.0 Å². The highest BCUT2D eigenvalue weighted by molar-refractivity contribution is 5.94. The fourth-order valence-electron chi connectivity index (χ4n) is 4.42. The smallest absolute Gasteiger partial charge is 0.270 e. The zero-order valence-electron chi connectivity index (χ0n) is 18.8. The van der Waals surface area contributed by atoms with E-state index in [1.54, 1.807) is 0 Å². The van der Waals surface area contributed by atoms with E-state index in [0.29, 0.717) is 19.0 Å². The van der Waals surface area contributed by atoms with Crippen LogP contribution in [0.25, 0.3) is 11.1 Å². The molecule has 166 valence electrons. The molecule has 2 aliphatic rings. The molecule has 0 spiro atoms. The summed E-state index contributed by atoms with van der Waals surface area (Å²) in [5.74, 6) is 1.57. The van der Waals surface area contributed by atoms with Gasteiger partial charge in [0.1, 0.15) is 5.69 Å². The average Bonchev–Trinajstić information content (AvgIpc) is 3.31. The highest BCUT2D eigenvalue weighted by Crippen LogP contribution is 2.33. The molecule has 6 heteroatoms. The molecule has 0 bridgehead atoms. The van der Waals surface area contributed by atoms with Crippen LogP contribution in [0.15, 0.2) is 55.0 Å². The van der Waals surface area contributed by atoms with Crippen molar-refractivity contribution in [1.29, 1.82) is 0 Å². The maximum Gasteiger partial charge on any atom is 0.270 e. The molecule has 5 rings (SSSR count). The molecule has 2 aromatic heterocycles. The number of hydrogen-bond acceptors (Lipinski definition) is 4. The first-order valence-corrected chi connectivity index (χ1v) is 11.8. The Morgan fingerprint density at radius 3 is 2.44 bits per heavy atom. The van der Waals surface area contributed by atoms with Crippen molar-refractivity contribution in [3.8, 4) is 11.1 Å². The number of nitrogens with zero attached hydrogens (tertiary/aromatic N) is 5. The van der Waals surface area contributed by atoms with Crippen LogP contribution < -0.4 is 4.90 Å². The normalized spacial score (nSPS) is 15.8. The Bertz CT molecular complexity index is 1050. The maximum absolute atomic E-state index is 13.5. The van der Waals surface area contributed by atoms with E-state index in [-0.39, 0.29) is 5.91 Å². The molecule has 1 aliphatic carbocycles. The van der Waals surface area contributed by atoms with Gasteiger partial charge in [-0.2, -0.15) is 0 Å². The number of hydrogen-bond donors (Lipinski definition) is 0. The summed E-state index contributed by atoms with van der Waals surface area (Å²) in [7, 11) is 0. The van der Waals surface area contributed by atoms with Crippen molar-refractivity contribution in [2.45, 2.75) is 45.7 Å². The van der Waals surface area contributed by atoms with Crippen molar-refractivity contribution >= 4 is 11.9 Å². The fourth-order valence-corrected chi connectivity index (χ4v) is 4.42. The molecular formula is C26H31N5O. The second kappa shape index (κ2) is 9.15. The lowest BCUT2D eigenvalue weighted by Crippen LogP contribution is -2.32. The molecule has 32 heavy (non-hydrogen) atoms. The van der Waals surface area contributed by atoms with E-state index in [2.05, 4.69) is 37.8 Å². The number of carbonyl (C=O) groups excluding carboxylic acids is 1. The number of amides is 1. The van der Waals surface area contributed by atoms with Crippen molar-refractivity contribution in [1.82, 2.24) is 19.4 Å². The van der Waals surface area contributed by atoms with Crippen LogP contribution in [0, 0.1) is 5.92 Å².